The Balaban J connectivity index is 1.84. The van der Waals surface area contributed by atoms with E-state index >= 15 is 0 Å². The lowest BCUT2D eigenvalue weighted by molar-refractivity contribution is 0.0594. The lowest BCUT2D eigenvalue weighted by atomic mass is 10.4. The van der Waals surface area contributed by atoms with Gasteiger partial charge in [-0.3, -0.25) is 0 Å². The van der Waals surface area contributed by atoms with E-state index in [0.29, 0.717) is 18.8 Å². The fourth-order valence-corrected chi connectivity index (χ4v) is 1.52. The van der Waals surface area contributed by atoms with E-state index in [9.17, 15) is 4.79 Å². The zero-order chi connectivity index (χ0) is 12.8. The maximum atomic E-state index is 11.2. The van der Waals surface area contributed by atoms with Crippen molar-refractivity contribution in [2.24, 2.45) is 0 Å². The summed E-state index contributed by atoms with van der Waals surface area (Å²) in [6.45, 7) is 1.27. The number of ether oxygens (including phenoxy) is 1. The molecular formula is C12H14N4O2. The summed E-state index contributed by atoms with van der Waals surface area (Å²) in [4.78, 5) is 22.2. The second-order valence-electron chi connectivity index (χ2n) is 3.69. The molecule has 0 saturated carbocycles. The normalized spacial score (nSPS) is 10.3. The minimum Gasteiger partial charge on any atom is -0.464 e. The van der Waals surface area contributed by atoms with Crippen molar-refractivity contribution in [3.8, 4) is 0 Å². The molecule has 0 bridgehead atoms. The zero-order valence-corrected chi connectivity index (χ0v) is 10.0. The van der Waals surface area contributed by atoms with E-state index in [1.165, 1.54) is 13.4 Å². The Bertz CT molecular complexity index is 510. The topological polar surface area (TPSA) is 79.9 Å². The van der Waals surface area contributed by atoms with E-state index in [2.05, 4.69) is 25.0 Å². The van der Waals surface area contributed by atoms with Crippen molar-refractivity contribution in [1.82, 2.24) is 20.3 Å². The summed E-state index contributed by atoms with van der Waals surface area (Å²) in [5.74, 6) is -0.364. The number of hydrogen-bond donors (Lipinski definition) is 2. The van der Waals surface area contributed by atoms with Gasteiger partial charge in [0.05, 0.1) is 12.8 Å². The number of carbonyl (C=O) groups is 1. The monoisotopic (exact) mass is 246 g/mol. The molecule has 0 aromatic carbocycles. The first-order chi connectivity index (χ1) is 8.79. The molecule has 18 heavy (non-hydrogen) atoms. The average molecular weight is 246 g/mol. The zero-order valence-electron chi connectivity index (χ0n) is 10.0. The molecule has 0 aliphatic heterocycles. The van der Waals surface area contributed by atoms with Crippen LogP contribution in [-0.4, -0.2) is 28.0 Å². The van der Waals surface area contributed by atoms with Gasteiger partial charge in [0.2, 0.25) is 0 Å². The van der Waals surface area contributed by atoms with E-state index in [-0.39, 0.29) is 5.97 Å². The highest BCUT2D eigenvalue weighted by Crippen LogP contribution is 2.03. The Kier molecular flexibility index (Phi) is 4.03. The average Bonchev–Trinajstić information content (AvgIpc) is 2.88. The minimum atomic E-state index is -0.364. The number of H-pyrrole nitrogens is 1. The molecule has 0 saturated heterocycles. The molecule has 2 heterocycles. The van der Waals surface area contributed by atoms with E-state index in [1.54, 1.807) is 12.3 Å². The van der Waals surface area contributed by atoms with Gasteiger partial charge in [0.25, 0.3) is 0 Å². The van der Waals surface area contributed by atoms with Gasteiger partial charge in [0, 0.05) is 25.0 Å². The molecule has 6 heteroatoms. The molecule has 0 aliphatic carbocycles. The van der Waals surface area contributed by atoms with Crippen LogP contribution in [0.2, 0.25) is 0 Å². The molecular weight excluding hydrogens is 232 g/mol. The lowest BCUT2D eigenvalue weighted by Gasteiger charge is -2.02. The van der Waals surface area contributed by atoms with Crippen molar-refractivity contribution in [2.45, 2.75) is 13.1 Å². The highest BCUT2D eigenvalue weighted by molar-refractivity contribution is 5.87. The standard InChI is InChI=1S/C12H14N4O2/c1-18-12(17)11-3-2-10(16-11)7-14-6-9-4-5-13-8-15-9/h2-5,8,14,16H,6-7H2,1H3. The largest absolute Gasteiger partial charge is 0.464 e. The fourth-order valence-electron chi connectivity index (χ4n) is 1.52. The predicted molar refractivity (Wildman–Crippen MR) is 64.7 cm³/mol. The van der Waals surface area contributed by atoms with Crippen LogP contribution >= 0.6 is 0 Å². The number of carbonyl (C=O) groups excluding carboxylic acids is 1. The molecule has 0 atom stereocenters. The Morgan fingerprint density at radius 1 is 1.39 bits per heavy atom. The van der Waals surface area contributed by atoms with Gasteiger partial charge in [0.15, 0.2) is 0 Å². The fraction of sp³-hybridized carbons (Fsp3) is 0.250. The summed E-state index contributed by atoms with van der Waals surface area (Å²) in [6.07, 6.45) is 3.22. The van der Waals surface area contributed by atoms with Gasteiger partial charge in [-0.25, -0.2) is 14.8 Å². The molecule has 0 amide bonds. The number of aromatic amines is 1. The van der Waals surface area contributed by atoms with Crippen LogP contribution in [0.15, 0.2) is 30.7 Å². The molecule has 94 valence electrons. The van der Waals surface area contributed by atoms with Crippen LogP contribution in [0.5, 0.6) is 0 Å². The van der Waals surface area contributed by atoms with Crippen LogP contribution in [0.3, 0.4) is 0 Å². The van der Waals surface area contributed by atoms with Crippen molar-refractivity contribution in [2.75, 3.05) is 7.11 Å². The summed E-state index contributed by atoms with van der Waals surface area (Å²) in [7, 11) is 1.36. The lowest BCUT2D eigenvalue weighted by Crippen LogP contribution is -2.14. The number of aromatic nitrogens is 3. The Morgan fingerprint density at radius 2 is 2.28 bits per heavy atom. The third-order valence-corrected chi connectivity index (χ3v) is 2.42. The molecule has 0 radical (unpaired) electrons. The second-order valence-corrected chi connectivity index (χ2v) is 3.69. The molecule has 0 aliphatic rings. The maximum Gasteiger partial charge on any atom is 0.354 e. The number of nitrogens with zero attached hydrogens (tertiary/aromatic N) is 2. The molecule has 0 unspecified atom stereocenters. The highest BCUT2D eigenvalue weighted by Gasteiger charge is 2.07. The molecule has 6 nitrogen and oxygen atoms in total. The second kappa shape index (κ2) is 5.92. The van der Waals surface area contributed by atoms with E-state index in [0.717, 1.165) is 11.4 Å². The van der Waals surface area contributed by atoms with Crippen molar-refractivity contribution >= 4 is 5.97 Å². The van der Waals surface area contributed by atoms with Crippen LogP contribution < -0.4 is 5.32 Å². The van der Waals surface area contributed by atoms with E-state index < -0.39 is 0 Å². The first kappa shape index (κ1) is 12.3. The van der Waals surface area contributed by atoms with Crippen LogP contribution in [0.4, 0.5) is 0 Å². The quantitative estimate of drug-likeness (QED) is 0.765. The van der Waals surface area contributed by atoms with Gasteiger partial charge in [0.1, 0.15) is 12.0 Å². The Labute approximate surface area is 104 Å². The van der Waals surface area contributed by atoms with Gasteiger partial charge >= 0.3 is 5.97 Å². The van der Waals surface area contributed by atoms with Gasteiger partial charge < -0.3 is 15.0 Å². The van der Waals surface area contributed by atoms with Crippen molar-refractivity contribution < 1.29 is 9.53 Å². The molecule has 2 aromatic heterocycles. The number of nitrogens with one attached hydrogen (secondary N) is 2. The SMILES string of the molecule is COC(=O)c1ccc(CNCc2ccncn2)[nH]1. The van der Waals surface area contributed by atoms with Crippen molar-refractivity contribution in [3.05, 3.63) is 47.8 Å². The summed E-state index contributed by atoms with van der Waals surface area (Å²) < 4.78 is 4.62. The first-order valence-electron chi connectivity index (χ1n) is 5.51. The summed E-state index contributed by atoms with van der Waals surface area (Å²) in [5, 5.41) is 3.21. The summed E-state index contributed by atoms with van der Waals surface area (Å²) in [5.41, 5.74) is 2.30. The van der Waals surface area contributed by atoms with Crippen LogP contribution in [0.25, 0.3) is 0 Å². The van der Waals surface area contributed by atoms with Crippen LogP contribution in [-0.2, 0) is 17.8 Å². The van der Waals surface area contributed by atoms with Gasteiger partial charge in [-0.2, -0.15) is 0 Å². The third-order valence-electron chi connectivity index (χ3n) is 2.42. The van der Waals surface area contributed by atoms with Crippen LogP contribution in [0, 0.1) is 0 Å². The van der Waals surface area contributed by atoms with Crippen LogP contribution in [0.1, 0.15) is 21.9 Å². The van der Waals surface area contributed by atoms with Gasteiger partial charge in [-0.05, 0) is 18.2 Å². The van der Waals surface area contributed by atoms with Crippen molar-refractivity contribution in [3.63, 3.8) is 0 Å². The third kappa shape index (κ3) is 3.14. The molecule has 2 rings (SSSR count). The van der Waals surface area contributed by atoms with E-state index in [1.807, 2.05) is 12.1 Å². The van der Waals surface area contributed by atoms with Gasteiger partial charge in [-0.15, -0.1) is 0 Å². The number of hydrogen-bond acceptors (Lipinski definition) is 5. The maximum absolute atomic E-state index is 11.2. The van der Waals surface area contributed by atoms with Crippen molar-refractivity contribution in [1.29, 1.82) is 0 Å². The summed E-state index contributed by atoms with van der Waals surface area (Å²) >= 11 is 0. The molecule has 0 fully saturated rings. The Morgan fingerprint density at radius 3 is 3.00 bits per heavy atom. The minimum absolute atomic E-state index is 0.364. The summed E-state index contributed by atoms with van der Waals surface area (Å²) in [6, 6.07) is 5.40. The number of methoxy groups -OCH3 is 1. The number of rotatable bonds is 5. The smallest absolute Gasteiger partial charge is 0.354 e. The predicted octanol–water partition coefficient (Wildman–Crippen LogP) is 0.881. The van der Waals surface area contributed by atoms with Gasteiger partial charge in [-0.1, -0.05) is 0 Å². The molecule has 2 aromatic rings. The van der Waals surface area contributed by atoms with E-state index in [4.69, 9.17) is 0 Å². The molecule has 2 N–H and O–H groups in total. The first-order valence-corrected chi connectivity index (χ1v) is 5.51. The molecule has 0 spiro atoms. The number of esters is 1. The Hall–Kier alpha value is -2.21. The highest BCUT2D eigenvalue weighted by atomic mass is 16.5.